The number of likely N-dealkylation sites (tertiary alicyclic amines) is 1. The monoisotopic (exact) mass is 271 g/mol. The van der Waals surface area contributed by atoms with Crippen LogP contribution in [0.1, 0.15) is 43.9 Å². The van der Waals surface area contributed by atoms with Crippen LogP contribution in [0.3, 0.4) is 0 Å². The largest absolute Gasteiger partial charge is 0.331 e. The van der Waals surface area contributed by atoms with Crippen molar-refractivity contribution in [1.29, 1.82) is 5.26 Å². The molecule has 2 rings (SSSR count). The molecule has 106 valence electrons. The minimum absolute atomic E-state index is 0.00779. The van der Waals surface area contributed by atoms with Gasteiger partial charge in [0.15, 0.2) is 0 Å². The second-order valence-electron chi connectivity index (χ2n) is 5.60. The fourth-order valence-corrected chi connectivity index (χ4v) is 2.58. The number of carbonyl (C=O) groups excluding carboxylic acids is 1. The van der Waals surface area contributed by atoms with Crippen LogP contribution in [0.25, 0.3) is 0 Å². The summed E-state index contributed by atoms with van der Waals surface area (Å²) in [6.45, 7) is 5.83. The van der Waals surface area contributed by atoms with Crippen LogP contribution in [0.2, 0.25) is 0 Å². The van der Waals surface area contributed by atoms with Crippen molar-refractivity contribution < 1.29 is 4.79 Å². The second-order valence-corrected chi connectivity index (χ2v) is 5.60. The van der Waals surface area contributed by atoms with E-state index < -0.39 is 0 Å². The normalized spacial score (nSPS) is 20.1. The number of hydrogen-bond donors (Lipinski definition) is 1. The van der Waals surface area contributed by atoms with Gasteiger partial charge in [0.1, 0.15) is 0 Å². The van der Waals surface area contributed by atoms with Crippen molar-refractivity contribution in [3.63, 3.8) is 0 Å². The van der Waals surface area contributed by atoms with Crippen LogP contribution < -0.4 is 5.32 Å². The summed E-state index contributed by atoms with van der Waals surface area (Å²) >= 11 is 0. The Kier molecular flexibility index (Phi) is 4.62. The van der Waals surface area contributed by atoms with Crippen molar-refractivity contribution in [3.8, 4) is 6.07 Å². The molecule has 1 saturated heterocycles. The number of piperidine rings is 1. The van der Waals surface area contributed by atoms with Crippen LogP contribution in [0.15, 0.2) is 24.3 Å². The number of amides is 2. The number of hydrogen-bond acceptors (Lipinski definition) is 2. The van der Waals surface area contributed by atoms with Crippen LogP contribution in [-0.2, 0) is 0 Å². The molecule has 0 radical (unpaired) electrons. The van der Waals surface area contributed by atoms with Gasteiger partial charge in [-0.25, -0.2) is 4.79 Å². The Hall–Kier alpha value is -2.02. The summed E-state index contributed by atoms with van der Waals surface area (Å²) in [6, 6.07) is 9.39. The third-order valence-corrected chi connectivity index (χ3v) is 3.82. The second kappa shape index (κ2) is 6.42. The molecule has 0 bridgehead atoms. The summed E-state index contributed by atoms with van der Waals surface area (Å²) in [4.78, 5) is 14.1. The van der Waals surface area contributed by atoms with Gasteiger partial charge in [0.05, 0.1) is 17.7 Å². The maximum atomic E-state index is 12.2. The van der Waals surface area contributed by atoms with Crippen LogP contribution in [-0.4, -0.2) is 24.0 Å². The summed E-state index contributed by atoms with van der Waals surface area (Å²) < 4.78 is 0. The molecule has 1 aliphatic rings. The Bertz CT molecular complexity index is 503. The molecule has 2 amide bonds. The molecule has 0 saturated carbocycles. The molecule has 1 aliphatic heterocycles. The topological polar surface area (TPSA) is 56.1 Å². The zero-order chi connectivity index (χ0) is 14.5. The van der Waals surface area contributed by atoms with Gasteiger partial charge in [-0.2, -0.15) is 5.26 Å². The number of nitriles is 1. The highest BCUT2D eigenvalue weighted by Crippen LogP contribution is 2.17. The molecule has 2 unspecified atom stereocenters. The predicted molar refractivity (Wildman–Crippen MR) is 78.1 cm³/mol. The van der Waals surface area contributed by atoms with E-state index in [1.54, 1.807) is 12.1 Å². The van der Waals surface area contributed by atoms with Gasteiger partial charge >= 0.3 is 6.03 Å². The lowest BCUT2D eigenvalue weighted by Crippen LogP contribution is -2.45. The van der Waals surface area contributed by atoms with Gasteiger partial charge in [-0.1, -0.05) is 19.1 Å². The molecular formula is C16H21N3O. The third kappa shape index (κ3) is 3.51. The van der Waals surface area contributed by atoms with Crippen molar-refractivity contribution in [2.45, 2.75) is 32.7 Å². The van der Waals surface area contributed by atoms with Crippen molar-refractivity contribution in [1.82, 2.24) is 10.2 Å². The van der Waals surface area contributed by atoms with Gasteiger partial charge in [-0.05, 0) is 43.4 Å². The number of carbonyl (C=O) groups is 1. The average molecular weight is 271 g/mol. The summed E-state index contributed by atoms with van der Waals surface area (Å²) in [7, 11) is 0. The van der Waals surface area contributed by atoms with E-state index in [0.29, 0.717) is 11.5 Å². The minimum atomic E-state index is -0.0486. The van der Waals surface area contributed by atoms with Gasteiger partial charge in [0.25, 0.3) is 0 Å². The lowest BCUT2D eigenvalue weighted by molar-refractivity contribution is 0.167. The Morgan fingerprint density at radius 3 is 2.75 bits per heavy atom. The highest BCUT2D eigenvalue weighted by atomic mass is 16.2. The lowest BCUT2D eigenvalue weighted by Gasteiger charge is -2.32. The third-order valence-electron chi connectivity index (χ3n) is 3.82. The highest BCUT2D eigenvalue weighted by Gasteiger charge is 2.22. The molecule has 0 aromatic heterocycles. The van der Waals surface area contributed by atoms with E-state index in [4.69, 9.17) is 5.26 Å². The summed E-state index contributed by atoms with van der Waals surface area (Å²) in [5, 5.41) is 11.8. The van der Waals surface area contributed by atoms with Crippen molar-refractivity contribution in [2.75, 3.05) is 13.1 Å². The van der Waals surface area contributed by atoms with Gasteiger partial charge in [-0.15, -0.1) is 0 Å². The average Bonchev–Trinajstić information content (AvgIpc) is 2.47. The number of nitrogens with zero attached hydrogens (tertiary/aromatic N) is 2. The first kappa shape index (κ1) is 14.4. The fourth-order valence-electron chi connectivity index (χ4n) is 2.58. The SMILES string of the molecule is CC1CCCN(C(=O)NC(C)c2ccc(C#N)cc2)C1. The molecule has 1 N–H and O–H groups in total. The fraction of sp³-hybridized carbons (Fsp3) is 0.500. The summed E-state index contributed by atoms with van der Waals surface area (Å²) in [5.41, 5.74) is 1.65. The summed E-state index contributed by atoms with van der Waals surface area (Å²) in [5.74, 6) is 0.583. The van der Waals surface area contributed by atoms with Crippen molar-refractivity contribution in [3.05, 3.63) is 35.4 Å². The van der Waals surface area contributed by atoms with E-state index in [9.17, 15) is 4.79 Å². The first-order valence-corrected chi connectivity index (χ1v) is 7.15. The van der Waals surface area contributed by atoms with E-state index in [-0.39, 0.29) is 12.1 Å². The van der Waals surface area contributed by atoms with Crippen molar-refractivity contribution >= 4 is 6.03 Å². The first-order chi connectivity index (χ1) is 9.60. The number of benzene rings is 1. The lowest BCUT2D eigenvalue weighted by atomic mass is 10.0. The standard InChI is InChI=1S/C16H21N3O/c1-12-4-3-9-19(11-12)16(20)18-13(2)15-7-5-14(10-17)6-8-15/h5-8,12-13H,3-4,9,11H2,1-2H3,(H,18,20). The molecular weight excluding hydrogens is 250 g/mol. The Labute approximate surface area is 120 Å². The zero-order valence-corrected chi connectivity index (χ0v) is 12.1. The molecule has 1 heterocycles. The number of nitrogens with one attached hydrogen (secondary N) is 1. The number of rotatable bonds is 2. The minimum Gasteiger partial charge on any atom is -0.331 e. The summed E-state index contributed by atoms with van der Waals surface area (Å²) in [6.07, 6.45) is 2.29. The predicted octanol–water partition coefficient (Wildman–Crippen LogP) is 3.06. The first-order valence-electron chi connectivity index (χ1n) is 7.15. The van der Waals surface area contributed by atoms with Crippen LogP contribution in [0.4, 0.5) is 4.79 Å². The van der Waals surface area contributed by atoms with Crippen molar-refractivity contribution in [2.24, 2.45) is 5.92 Å². The Balaban J connectivity index is 1.94. The van der Waals surface area contributed by atoms with Crippen LogP contribution in [0, 0.1) is 17.2 Å². The van der Waals surface area contributed by atoms with E-state index in [1.165, 1.54) is 6.42 Å². The van der Waals surface area contributed by atoms with Crippen LogP contribution in [0.5, 0.6) is 0 Å². The molecule has 1 fully saturated rings. The highest BCUT2D eigenvalue weighted by molar-refractivity contribution is 5.74. The number of urea groups is 1. The molecule has 0 aliphatic carbocycles. The molecule has 4 nitrogen and oxygen atoms in total. The zero-order valence-electron chi connectivity index (χ0n) is 12.1. The van der Waals surface area contributed by atoms with Gasteiger partial charge < -0.3 is 10.2 Å². The molecule has 20 heavy (non-hydrogen) atoms. The van der Waals surface area contributed by atoms with Crippen LogP contribution >= 0.6 is 0 Å². The van der Waals surface area contributed by atoms with Gasteiger partial charge in [0.2, 0.25) is 0 Å². The van der Waals surface area contributed by atoms with E-state index in [1.807, 2.05) is 24.0 Å². The Morgan fingerprint density at radius 1 is 1.45 bits per heavy atom. The molecule has 1 aromatic carbocycles. The van der Waals surface area contributed by atoms with E-state index in [0.717, 1.165) is 25.1 Å². The van der Waals surface area contributed by atoms with E-state index in [2.05, 4.69) is 18.3 Å². The molecule has 1 aromatic rings. The molecule has 0 spiro atoms. The molecule has 2 atom stereocenters. The van der Waals surface area contributed by atoms with Gasteiger partial charge in [-0.3, -0.25) is 0 Å². The Morgan fingerprint density at radius 2 is 2.15 bits per heavy atom. The maximum Gasteiger partial charge on any atom is 0.317 e. The smallest absolute Gasteiger partial charge is 0.317 e. The quantitative estimate of drug-likeness (QED) is 0.898. The van der Waals surface area contributed by atoms with E-state index >= 15 is 0 Å². The molecule has 4 heteroatoms. The maximum absolute atomic E-state index is 12.2. The van der Waals surface area contributed by atoms with Gasteiger partial charge in [0, 0.05) is 13.1 Å².